The SMILES string of the molecule is O=S(=O)(NC1=NCN(Cc2ccc(Cl)cc2)CN1)c1ccc(Cl)cc1. The molecule has 0 saturated heterocycles. The van der Waals surface area contributed by atoms with Crippen LogP contribution in [-0.4, -0.2) is 32.6 Å². The maximum Gasteiger partial charge on any atom is 0.264 e. The Morgan fingerprint density at radius 3 is 2.20 bits per heavy atom. The predicted molar refractivity (Wildman–Crippen MR) is 99.1 cm³/mol. The fourth-order valence-corrected chi connectivity index (χ4v) is 3.54. The lowest BCUT2D eigenvalue weighted by Gasteiger charge is -2.27. The molecule has 0 saturated carbocycles. The molecule has 25 heavy (non-hydrogen) atoms. The van der Waals surface area contributed by atoms with Crippen LogP contribution in [0.3, 0.4) is 0 Å². The van der Waals surface area contributed by atoms with Gasteiger partial charge in [-0.3, -0.25) is 4.90 Å². The third-order valence-corrected chi connectivity index (χ3v) is 5.43. The Morgan fingerprint density at radius 1 is 1.04 bits per heavy atom. The second kappa shape index (κ2) is 7.61. The third-order valence-electron chi connectivity index (χ3n) is 3.57. The molecule has 0 unspecified atom stereocenters. The van der Waals surface area contributed by atoms with E-state index in [0.29, 0.717) is 29.9 Å². The molecular formula is C16H16Cl2N4O2S. The molecule has 0 amide bonds. The van der Waals surface area contributed by atoms with E-state index in [1.54, 1.807) is 0 Å². The summed E-state index contributed by atoms with van der Waals surface area (Å²) in [5, 5.41) is 4.14. The van der Waals surface area contributed by atoms with Crippen molar-refractivity contribution in [3.8, 4) is 0 Å². The van der Waals surface area contributed by atoms with Crippen LogP contribution in [0.15, 0.2) is 58.4 Å². The molecule has 132 valence electrons. The first-order chi connectivity index (χ1) is 11.9. The van der Waals surface area contributed by atoms with Crippen molar-refractivity contribution < 1.29 is 8.42 Å². The van der Waals surface area contributed by atoms with Gasteiger partial charge in [0.1, 0.15) is 0 Å². The number of hydrogen-bond donors (Lipinski definition) is 2. The number of benzene rings is 2. The number of nitrogens with one attached hydrogen (secondary N) is 2. The van der Waals surface area contributed by atoms with E-state index in [1.165, 1.54) is 24.3 Å². The van der Waals surface area contributed by atoms with E-state index < -0.39 is 10.0 Å². The normalized spacial score (nSPS) is 15.4. The molecule has 0 aromatic heterocycles. The third kappa shape index (κ3) is 4.85. The molecule has 0 radical (unpaired) electrons. The highest BCUT2D eigenvalue weighted by Crippen LogP contribution is 2.14. The minimum atomic E-state index is -3.69. The van der Waals surface area contributed by atoms with Gasteiger partial charge < -0.3 is 5.32 Å². The van der Waals surface area contributed by atoms with Crippen molar-refractivity contribution in [2.75, 3.05) is 13.3 Å². The highest BCUT2D eigenvalue weighted by Gasteiger charge is 2.19. The van der Waals surface area contributed by atoms with Crippen molar-refractivity contribution in [3.05, 3.63) is 64.1 Å². The Morgan fingerprint density at radius 2 is 1.64 bits per heavy atom. The fourth-order valence-electron chi connectivity index (χ4n) is 2.29. The Kier molecular flexibility index (Phi) is 5.48. The Bertz CT molecular complexity index is 868. The van der Waals surface area contributed by atoms with Crippen molar-refractivity contribution in [3.63, 3.8) is 0 Å². The van der Waals surface area contributed by atoms with E-state index in [9.17, 15) is 8.42 Å². The first-order valence-electron chi connectivity index (χ1n) is 7.46. The smallest absolute Gasteiger partial charge is 0.264 e. The molecular weight excluding hydrogens is 383 g/mol. The number of aliphatic imine (C=N–C) groups is 1. The Hall–Kier alpha value is -1.80. The summed E-state index contributed by atoms with van der Waals surface area (Å²) in [6.45, 7) is 1.55. The summed E-state index contributed by atoms with van der Waals surface area (Å²) in [6.07, 6.45) is 0. The van der Waals surface area contributed by atoms with Crippen LogP contribution in [-0.2, 0) is 16.6 Å². The minimum Gasteiger partial charge on any atom is -0.343 e. The molecule has 2 N–H and O–H groups in total. The first-order valence-corrected chi connectivity index (χ1v) is 9.70. The van der Waals surface area contributed by atoms with E-state index in [0.717, 1.165) is 5.56 Å². The van der Waals surface area contributed by atoms with Gasteiger partial charge in [0.15, 0.2) is 0 Å². The van der Waals surface area contributed by atoms with Crippen LogP contribution >= 0.6 is 23.2 Å². The molecule has 0 bridgehead atoms. The molecule has 0 spiro atoms. The monoisotopic (exact) mass is 398 g/mol. The van der Waals surface area contributed by atoms with E-state index in [2.05, 4.69) is 15.0 Å². The van der Waals surface area contributed by atoms with Crippen molar-refractivity contribution in [2.45, 2.75) is 11.4 Å². The van der Waals surface area contributed by atoms with Crippen molar-refractivity contribution in [1.82, 2.24) is 14.9 Å². The standard InChI is InChI=1S/C16H16Cl2N4O2S/c17-13-3-1-12(2-4-13)9-22-10-19-16(20-11-22)21-25(23,24)15-7-5-14(18)6-8-15/h1-8H,9-11H2,(H2,19,20,21). The molecule has 6 nitrogen and oxygen atoms in total. The summed E-state index contributed by atoms with van der Waals surface area (Å²) < 4.78 is 27.1. The highest BCUT2D eigenvalue weighted by atomic mass is 35.5. The topological polar surface area (TPSA) is 73.8 Å². The second-order valence-corrected chi connectivity index (χ2v) is 8.05. The fraction of sp³-hybridized carbons (Fsp3) is 0.188. The number of halogens is 2. The van der Waals surface area contributed by atoms with Crippen LogP contribution in [0.1, 0.15) is 5.56 Å². The summed E-state index contributed by atoms with van der Waals surface area (Å²) in [5.74, 6) is 0.224. The summed E-state index contributed by atoms with van der Waals surface area (Å²) >= 11 is 11.7. The lowest BCUT2D eigenvalue weighted by molar-refractivity contribution is 0.255. The zero-order chi connectivity index (χ0) is 17.9. The van der Waals surface area contributed by atoms with Crippen molar-refractivity contribution >= 4 is 39.2 Å². The summed E-state index contributed by atoms with van der Waals surface area (Å²) in [4.78, 5) is 6.40. The lowest BCUT2D eigenvalue weighted by atomic mass is 10.2. The second-order valence-electron chi connectivity index (χ2n) is 5.50. The zero-order valence-corrected chi connectivity index (χ0v) is 15.4. The van der Waals surface area contributed by atoms with Crippen LogP contribution in [0.4, 0.5) is 0 Å². The average Bonchev–Trinajstić information content (AvgIpc) is 2.59. The summed E-state index contributed by atoms with van der Waals surface area (Å²) in [6, 6.07) is 13.5. The van der Waals surface area contributed by atoms with Crippen molar-refractivity contribution in [1.29, 1.82) is 0 Å². The van der Waals surface area contributed by atoms with E-state index in [4.69, 9.17) is 23.2 Å². The van der Waals surface area contributed by atoms with E-state index >= 15 is 0 Å². The van der Waals surface area contributed by atoms with E-state index in [-0.39, 0.29) is 10.9 Å². The van der Waals surface area contributed by atoms with Gasteiger partial charge in [-0.2, -0.15) is 0 Å². The number of sulfonamides is 1. The molecule has 3 rings (SSSR count). The maximum atomic E-state index is 12.3. The number of hydrogen-bond acceptors (Lipinski definition) is 5. The van der Waals surface area contributed by atoms with Gasteiger partial charge in [0.25, 0.3) is 10.0 Å². The maximum absolute atomic E-state index is 12.3. The molecule has 1 aliphatic rings. The van der Waals surface area contributed by atoms with Crippen LogP contribution < -0.4 is 10.0 Å². The van der Waals surface area contributed by atoms with Gasteiger partial charge in [0.05, 0.1) is 18.2 Å². The number of nitrogens with zero attached hydrogens (tertiary/aromatic N) is 2. The largest absolute Gasteiger partial charge is 0.343 e. The average molecular weight is 399 g/mol. The van der Waals surface area contributed by atoms with Gasteiger partial charge in [-0.25, -0.2) is 18.1 Å². The van der Waals surface area contributed by atoms with Crippen LogP contribution in [0, 0.1) is 0 Å². The first kappa shape index (κ1) is 18.0. The Labute approximate surface area is 156 Å². The number of rotatable bonds is 4. The van der Waals surface area contributed by atoms with Gasteiger partial charge in [-0.15, -0.1) is 0 Å². The molecule has 1 heterocycles. The Balaban J connectivity index is 1.61. The molecule has 0 atom stereocenters. The molecule has 1 aliphatic heterocycles. The molecule has 0 aliphatic carbocycles. The molecule has 2 aromatic rings. The molecule has 0 fully saturated rings. The van der Waals surface area contributed by atoms with Gasteiger partial charge in [-0.1, -0.05) is 35.3 Å². The van der Waals surface area contributed by atoms with Gasteiger partial charge in [-0.05, 0) is 42.0 Å². The quantitative estimate of drug-likeness (QED) is 0.829. The zero-order valence-electron chi connectivity index (χ0n) is 13.1. The molecule has 2 aromatic carbocycles. The van der Waals surface area contributed by atoms with E-state index in [1.807, 2.05) is 29.2 Å². The van der Waals surface area contributed by atoms with Gasteiger partial charge >= 0.3 is 0 Å². The minimum absolute atomic E-state index is 0.130. The number of guanidine groups is 1. The van der Waals surface area contributed by atoms with Crippen LogP contribution in [0.25, 0.3) is 0 Å². The van der Waals surface area contributed by atoms with Gasteiger partial charge in [0, 0.05) is 16.6 Å². The van der Waals surface area contributed by atoms with Gasteiger partial charge in [0.2, 0.25) is 5.96 Å². The molecule has 9 heteroatoms. The predicted octanol–water partition coefficient (Wildman–Crippen LogP) is 2.65. The lowest BCUT2D eigenvalue weighted by Crippen LogP contribution is -2.49. The summed E-state index contributed by atoms with van der Waals surface area (Å²) in [7, 11) is -3.69. The van der Waals surface area contributed by atoms with Crippen molar-refractivity contribution in [2.24, 2.45) is 4.99 Å². The van der Waals surface area contributed by atoms with Crippen LogP contribution in [0.5, 0.6) is 0 Å². The van der Waals surface area contributed by atoms with Crippen LogP contribution in [0.2, 0.25) is 10.0 Å². The highest BCUT2D eigenvalue weighted by molar-refractivity contribution is 7.90. The summed E-state index contributed by atoms with van der Waals surface area (Å²) in [5.41, 5.74) is 1.10.